The molecule has 0 aliphatic carbocycles. The predicted octanol–water partition coefficient (Wildman–Crippen LogP) is 3.46. The predicted molar refractivity (Wildman–Crippen MR) is 114 cm³/mol. The zero-order valence-corrected chi connectivity index (χ0v) is 17.4. The molecule has 28 heavy (non-hydrogen) atoms. The lowest BCUT2D eigenvalue weighted by molar-refractivity contribution is 0.0382. The number of ether oxygens (including phenoxy) is 1. The fourth-order valence-electron chi connectivity index (χ4n) is 3.47. The summed E-state index contributed by atoms with van der Waals surface area (Å²) in [5.74, 6) is 0.918. The molecule has 1 fully saturated rings. The Hall–Kier alpha value is -2.22. The number of amides is 1. The van der Waals surface area contributed by atoms with Crippen LogP contribution in [0.3, 0.4) is 0 Å². The van der Waals surface area contributed by atoms with Crippen LogP contribution in [-0.4, -0.2) is 53.2 Å². The van der Waals surface area contributed by atoms with E-state index >= 15 is 0 Å². The summed E-state index contributed by atoms with van der Waals surface area (Å²) in [6.45, 7) is 4.56. The molecule has 7 heteroatoms. The molecule has 1 saturated heterocycles. The van der Waals surface area contributed by atoms with Crippen LogP contribution in [0.5, 0.6) is 0 Å². The molecule has 0 unspecified atom stereocenters. The first-order valence-corrected chi connectivity index (χ1v) is 10.2. The summed E-state index contributed by atoms with van der Waals surface area (Å²) in [7, 11) is 2.05. The van der Waals surface area contributed by atoms with Gasteiger partial charge in [-0.2, -0.15) is 0 Å². The van der Waals surface area contributed by atoms with Gasteiger partial charge in [0, 0.05) is 48.8 Å². The van der Waals surface area contributed by atoms with Crippen LogP contribution >= 0.6 is 15.9 Å². The summed E-state index contributed by atoms with van der Waals surface area (Å²) >= 11 is 3.40. The summed E-state index contributed by atoms with van der Waals surface area (Å²) < 4.78 is 8.42. The van der Waals surface area contributed by atoms with E-state index < -0.39 is 0 Å². The smallest absolute Gasteiger partial charge is 0.255 e. The SMILES string of the molecule is Cn1c(CCN2CCOCC2)nc2cc(NC(=O)c3cccc(Br)c3)ccc21. The van der Waals surface area contributed by atoms with Gasteiger partial charge in [0.1, 0.15) is 5.82 Å². The molecule has 1 aliphatic heterocycles. The first-order chi connectivity index (χ1) is 13.6. The van der Waals surface area contributed by atoms with Crippen LogP contribution < -0.4 is 5.32 Å². The first kappa shape index (κ1) is 19.1. The molecule has 2 aromatic carbocycles. The topological polar surface area (TPSA) is 59.4 Å². The quantitative estimate of drug-likeness (QED) is 0.656. The average molecular weight is 443 g/mol. The third-order valence-corrected chi connectivity index (χ3v) is 5.57. The number of aromatic nitrogens is 2. The second kappa shape index (κ2) is 8.43. The maximum Gasteiger partial charge on any atom is 0.255 e. The number of anilines is 1. The summed E-state index contributed by atoms with van der Waals surface area (Å²) in [6.07, 6.45) is 0.894. The monoisotopic (exact) mass is 442 g/mol. The van der Waals surface area contributed by atoms with Gasteiger partial charge in [0.05, 0.1) is 24.2 Å². The van der Waals surface area contributed by atoms with Gasteiger partial charge >= 0.3 is 0 Å². The molecule has 6 nitrogen and oxygen atoms in total. The highest BCUT2D eigenvalue weighted by Gasteiger charge is 2.14. The average Bonchev–Trinajstić information content (AvgIpc) is 3.02. The second-order valence-corrected chi connectivity index (χ2v) is 7.87. The Morgan fingerprint density at radius 1 is 1.21 bits per heavy atom. The van der Waals surface area contributed by atoms with E-state index in [4.69, 9.17) is 9.72 Å². The largest absolute Gasteiger partial charge is 0.379 e. The van der Waals surface area contributed by atoms with Crippen molar-refractivity contribution in [3.8, 4) is 0 Å². The maximum atomic E-state index is 12.5. The third-order valence-electron chi connectivity index (χ3n) is 5.07. The van der Waals surface area contributed by atoms with Gasteiger partial charge in [-0.05, 0) is 36.4 Å². The first-order valence-electron chi connectivity index (χ1n) is 9.42. The normalized spacial score (nSPS) is 15.1. The van der Waals surface area contributed by atoms with E-state index in [0.29, 0.717) is 5.56 Å². The van der Waals surface area contributed by atoms with Crippen molar-refractivity contribution >= 4 is 38.6 Å². The van der Waals surface area contributed by atoms with Gasteiger partial charge in [0.2, 0.25) is 0 Å². The highest BCUT2D eigenvalue weighted by molar-refractivity contribution is 9.10. The standard InChI is InChI=1S/C21H23BrN4O2/c1-25-19-6-5-17(23-21(27)15-3-2-4-16(22)13-15)14-18(19)24-20(25)7-8-26-9-11-28-12-10-26/h2-6,13-14H,7-12H2,1H3,(H,23,27). The molecule has 0 saturated carbocycles. The summed E-state index contributed by atoms with van der Waals surface area (Å²) in [5.41, 5.74) is 3.32. The molecule has 1 N–H and O–H groups in total. The van der Waals surface area contributed by atoms with Crippen molar-refractivity contribution in [3.05, 3.63) is 58.3 Å². The Bertz CT molecular complexity index is 995. The molecule has 4 rings (SSSR count). The van der Waals surface area contributed by atoms with E-state index in [1.54, 1.807) is 12.1 Å². The van der Waals surface area contributed by atoms with Crippen LogP contribution in [0.4, 0.5) is 5.69 Å². The van der Waals surface area contributed by atoms with Gasteiger partial charge in [0.25, 0.3) is 5.91 Å². The van der Waals surface area contributed by atoms with Crippen molar-refractivity contribution in [2.24, 2.45) is 7.05 Å². The van der Waals surface area contributed by atoms with Crippen molar-refractivity contribution in [1.29, 1.82) is 0 Å². The fourth-order valence-corrected chi connectivity index (χ4v) is 3.87. The highest BCUT2D eigenvalue weighted by atomic mass is 79.9. The molecule has 146 valence electrons. The van der Waals surface area contributed by atoms with E-state index in [9.17, 15) is 4.79 Å². The zero-order valence-electron chi connectivity index (χ0n) is 15.8. The van der Waals surface area contributed by atoms with Crippen LogP contribution in [0.25, 0.3) is 11.0 Å². The number of hydrogen-bond acceptors (Lipinski definition) is 4. The molecule has 1 amide bonds. The Morgan fingerprint density at radius 3 is 2.82 bits per heavy atom. The summed E-state index contributed by atoms with van der Waals surface area (Å²) in [4.78, 5) is 19.7. The Kier molecular flexibility index (Phi) is 5.75. The van der Waals surface area contributed by atoms with Crippen molar-refractivity contribution < 1.29 is 9.53 Å². The lowest BCUT2D eigenvalue weighted by Crippen LogP contribution is -2.37. The summed E-state index contributed by atoms with van der Waals surface area (Å²) in [5, 5.41) is 2.96. The number of halogens is 1. The van der Waals surface area contributed by atoms with Crippen molar-refractivity contribution in [2.75, 3.05) is 38.2 Å². The van der Waals surface area contributed by atoms with E-state index in [-0.39, 0.29) is 5.91 Å². The van der Waals surface area contributed by atoms with E-state index in [1.165, 1.54) is 0 Å². The minimum absolute atomic E-state index is 0.135. The Labute approximate surface area is 172 Å². The number of imidazole rings is 1. The van der Waals surface area contributed by atoms with Crippen molar-refractivity contribution in [3.63, 3.8) is 0 Å². The number of hydrogen-bond donors (Lipinski definition) is 1. The number of morpholine rings is 1. The van der Waals surface area contributed by atoms with Crippen molar-refractivity contribution in [2.45, 2.75) is 6.42 Å². The minimum atomic E-state index is -0.135. The highest BCUT2D eigenvalue weighted by Crippen LogP contribution is 2.21. The molecule has 0 atom stereocenters. The van der Waals surface area contributed by atoms with Crippen LogP contribution in [0.15, 0.2) is 46.9 Å². The Balaban J connectivity index is 1.48. The number of carbonyl (C=O) groups excluding carboxylic acids is 1. The van der Waals surface area contributed by atoms with Gasteiger partial charge in [-0.3, -0.25) is 9.69 Å². The minimum Gasteiger partial charge on any atom is -0.379 e. The second-order valence-electron chi connectivity index (χ2n) is 6.96. The fraction of sp³-hybridized carbons (Fsp3) is 0.333. The van der Waals surface area contributed by atoms with Crippen LogP contribution in [-0.2, 0) is 18.2 Å². The van der Waals surface area contributed by atoms with Gasteiger partial charge < -0.3 is 14.6 Å². The number of fused-ring (bicyclic) bond motifs is 1. The molecule has 0 bridgehead atoms. The van der Waals surface area contributed by atoms with Gasteiger partial charge in [-0.15, -0.1) is 0 Å². The third kappa shape index (κ3) is 4.27. The Morgan fingerprint density at radius 2 is 2.04 bits per heavy atom. The number of nitrogens with one attached hydrogen (secondary N) is 1. The molecule has 1 aliphatic rings. The lowest BCUT2D eigenvalue weighted by Gasteiger charge is -2.26. The zero-order chi connectivity index (χ0) is 19.5. The van der Waals surface area contributed by atoms with E-state index in [2.05, 4.69) is 30.7 Å². The molecule has 1 aromatic heterocycles. The molecule has 0 spiro atoms. The van der Waals surface area contributed by atoms with E-state index in [0.717, 1.165) is 66.3 Å². The maximum absolute atomic E-state index is 12.5. The number of benzene rings is 2. The molecular weight excluding hydrogens is 420 g/mol. The van der Waals surface area contributed by atoms with Crippen molar-refractivity contribution in [1.82, 2.24) is 14.5 Å². The van der Waals surface area contributed by atoms with E-state index in [1.807, 2.05) is 37.4 Å². The molecule has 3 aromatic rings. The molecule has 2 heterocycles. The number of rotatable bonds is 5. The number of nitrogens with zero attached hydrogens (tertiary/aromatic N) is 3. The van der Waals surface area contributed by atoms with Crippen LogP contribution in [0, 0.1) is 0 Å². The molecule has 0 radical (unpaired) electrons. The van der Waals surface area contributed by atoms with Gasteiger partial charge in [-0.25, -0.2) is 4.98 Å². The number of carbonyl (C=O) groups is 1. The molecular formula is C21H23BrN4O2. The van der Waals surface area contributed by atoms with Gasteiger partial charge in [0.15, 0.2) is 0 Å². The lowest BCUT2D eigenvalue weighted by atomic mass is 10.2. The van der Waals surface area contributed by atoms with Gasteiger partial charge in [-0.1, -0.05) is 22.0 Å². The van der Waals surface area contributed by atoms with Crippen LogP contribution in [0.1, 0.15) is 16.2 Å². The summed E-state index contributed by atoms with van der Waals surface area (Å²) in [6, 6.07) is 13.2. The number of aryl methyl sites for hydroxylation is 1. The van der Waals surface area contributed by atoms with Crippen LogP contribution in [0.2, 0.25) is 0 Å².